The first-order valence-corrected chi connectivity index (χ1v) is 13.5. The van der Waals surface area contributed by atoms with E-state index in [2.05, 4.69) is 55.7 Å². The summed E-state index contributed by atoms with van der Waals surface area (Å²) in [6, 6.07) is 18.5. The van der Waals surface area contributed by atoms with Crippen LogP contribution in [0.1, 0.15) is 67.6 Å². The van der Waals surface area contributed by atoms with Gasteiger partial charge in [0.15, 0.2) is 5.82 Å². The van der Waals surface area contributed by atoms with Gasteiger partial charge in [-0.05, 0) is 91.4 Å². The molecular formula is C29H34N6O2. The molecule has 4 aromatic rings. The molecule has 8 nitrogen and oxygen atoms in total. The van der Waals surface area contributed by atoms with Gasteiger partial charge in [-0.25, -0.2) is 4.68 Å². The third kappa shape index (κ3) is 4.90. The van der Waals surface area contributed by atoms with Gasteiger partial charge in [-0.3, -0.25) is 9.69 Å². The van der Waals surface area contributed by atoms with Crippen molar-refractivity contribution in [1.29, 1.82) is 0 Å². The molecule has 0 amide bonds. The third-order valence-corrected chi connectivity index (χ3v) is 8.19. The number of tetrazole rings is 1. The number of methoxy groups -OCH3 is 1. The van der Waals surface area contributed by atoms with Gasteiger partial charge in [-0.2, -0.15) is 0 Å². The minimum Gasteiger partial charge on any atom is -0.497 e. The minimum atomic E-state index is -0.298. The zero-order chi connectivity index (χ0) is 25.2. The molecule has 1 aliphatic carbocycles. The fourth-order valence-electron chi connectivity index (χ4n) is 6.18. The monoisotopic (exact) mass is 498 g/mol. The number of hydrogen-bond donors (Lipinski definition) is 1. The molecule has 0 bridgehead atoms. The molecule has 1 N–H and O–H groups in total. The van der Waals surface area contributed by atoms with E-state index in [-0.39, 0.29) is 11.6 Å². The lowest BCUT2D eigenvalue weighted by atomic mass is 9.89. The maximum Gasteiger partial charge on any atom is 0.253 e. The summed E-state index contributed by atoms with van der Waals surface area (Å²) in [6.45, 7) is 1.80. The summed E-state index contributed by atoms with van der Waals surface area (Å²) in [4.78, 5) is 19.0. The number of benzene rings is 2. The second-order valence-electron chi connectivity index (χ2n) is 10.5. The number of pyridine rings is 1. The lowest BCUT2D eigenvalue weighted by Crippen LogP contribution is -2.41. The number of aromatic amines is 1. The number of nitrogens with one attached hydrogen (secondary N) is 1. The molecule has 8 heteroatoms. The van der Waals surface area contributed by atoms with Crippen LogP contribution in [0.2, 0.25) is 0 Å². The number of ether oxygens (including phenoxy) is 1. The molecule has 3 heterocycles. The zero-order valence-electron chi connectivity index (χ0n) is 21.3. The molecule has 192 valence electrons. The largest absolute Gasteiger partial charge is 0.497 e. The van der Waals surface area contributed by atoms with Crippen LogP contribution in [-0.4, -0.2) is 50.3 Å². The molecule has 1 atom stereocenters. The van der Waals surface area contributed by atoms with Crippen molar-refractivity contribution in [1.82, 2.24) is 30.1 Å². The summed E-state index contributed by atoms with van der Waals surface area (Å²) in [5.41, 5.74) is 2.79. The average Bonchev–Trinajstić information content (AvgIpc) is 3.63. The molecule has 1 aliphatic heterocycles. The van der Waals surface area contributed by atoms with Crippen molar-refractivity contribution in [3.63, 3.8) is 0 Å². The summed E-state index contributed by atoms with van der Waals surface area (Å²) < 4.78 is 7.45. The Morgan fingerprint density at radius 3 is 2.57 bits per heavy atom. The number of fused-ring (bicyclic) bond motifs is 1. The highest BCUT2D eigenvalue weighted by atomic mass is 16.5. The van der Waals surface area contributed by atoms with Gasteiger partial charge >= 0.3 is 0 Å². The Morgan fingerprint density at radius 1 is 1.03 bits per heavy atom. The van der Waals surface area contributed by atoms with Crippen molar-refractivity contribution in [2.45, 2.75) is 57.0 Å². The molecule has 2 aromatic carbocycles. The summed E-state index contributed by atoms with van der Waals surface area (Å²) in [5, 5.41) is 14.0. The first-order valence-electron chi connectivity index (χ1n) is 13.5. The highest BCUT2D eigenvalue weighted by Gasteiger charge is 2.35. The van der Waals surface area contributed by atoms with Gasteiger partial charge in [0.05, 0.1) is 13.2 Å². The quantitative estimate of drug-likeness (QED) is 0.398. The Morgan fingerprint density at radius 2 is 1.81 bits per heavy atom. The lowest BCUT2D eigenvalue weighted by Gasteiger charge is -2.37. The fraction of sp³-hybridized carbons (Fsp3) is 0.448. The molecule has 0 radical (unpaired) electrons. The first kappa shape index (κ1) is 23.9. The van der Waals surface area contributed by atoms with Crippen LogP contribution >= 0.6 is 0 Å². The second kappa shape index (κ2) is 10.5. The summed E-state index contributed by atoms with van der Waals surface area (Å²) >= 11 is 0. The maximum atomic E-state index is 13.5. The molecule has 2 fully saturated rings. The molecular weight excluding hydrogens is 464 g/mol. The SMILES string of the molecule is COc1ccc2[nH]c(=O)c([C@H](c3nnnn3C3CCCC3)N3CCC(Cc4ccccc4)CC3)cc2c1. The molecule has 2 aliphatic rings. The maximum absolute atomic E-state index is 13.5. The van der Waals surface area contributed by atoms with Crippen LogP contribution in [0.3, 0.4) is 0 Å². The smallest absolute Gasteiger partial charge is 0.253 e. The van der Waals surface area contributed by atoms with Gasteiger partial charge in [0.1, 0.15) is 11.8 Å². The number of likely N-dealkylation sites (tertiary alicyclic amines) is 1. The van der Waals surface area contributed by atoms with Crippen LogP contribution in [0.4, 0.5) is 0 Å². The van der Waals surface area contributed by atoms with Crippen molar-refractivity contribution in [2.75, 3.05) is 20.2 Å². The number of H-pyrrole nitrogens is 1. The van der Waals surface area contributed by atoms with Gasteiger partial charge in [0.2, 0.25) is 0 Å². The Kier molecular flexibility index (Phi) is 6.74. The first-order chi connectivity index (χ1) is 18.2. The van der Waals surface area contributed by atoms with Gasteiger partial charge in [0.25, 0.3) is 5.56 Å². The second-order valence-corrected chi connectivity index (χ2v) is 10.5. The molecule has 1 saturated heterocycles. The van der Waals surface area contributed by atoms with Crippen molar-refractivity contribution in [2.24, 2.45) is 5.92 Å². The van der Waals surface area contributed by atoms with E-state index in [1.165, 1.54) is 18.4 Å². The number of nitrogens with zero attached hydrogens (tertiary/aromatic N) is 5. The Bertz CT molecular complexity index is 1400. The predicted octanol–water partition coefficient (Wildman–Crippen LogP) is 4.68. The van der Waals surface area contributed by atoms with E-state index in [1.807, 2.05) is 28.9 Å². The van der Waals surface area contributed by atoms with Gasteiger partial charge in [-0.1, -0.05) is 43.2 Å². The molecule has 1 saturated carbocycles. The fourth-order valence-corrected chi connectivity index (χ4v) is 6.18. The van der Waals surface area contributed by atoms with Crippen molar-refractivity contribution in [3.8, 4) is 5.75 Å². The van der Waals surface area contributed by atoms with Crippen LogP contribution in [0.5, 0.6) is 5.75 Å². The van der Waals surface area contributed by atoms with E-state index in [0.717, 1.165) is 67.7 Å². The van der Waals surface area contributed by atoms with Gasteiger partial charge < -0.3 is 9.72 Å². The molecule has 2 aromatic heterocycles. The van der Waals surface area contributed by atoms with E-state index in [1.54, 1.807) is 7.11 Å². The topological polar surface area (TPSA) is 88.9 Å². The van der Waals surface area contributed by atoms with E-state index < -0.39 is 0 Å². The Labute approximate surface area is 216 Å². The number of hydrogen-bond acceptors (Lipinski definition) is 6. The minimum absolute atomic E-state index is 0.0879. The molecule has 0 unspecified atom stereocenters. The average molecular weight is 499 g/mol. The van der Waals surface area contributed by atoms with E-state index in [4.69, 9.17) is 4.74 Å². The number of aromatic nitrogens is 5. The zero-order valence-corrected chi connectivity index (χ0v) is 21.3. The standard InChI is InChI=1S/C29H34N6O2/c1-37-24-11-12-26-22(18-24)19-25(29(36)30-26)27(28-31-32-33-35(28)23-9-5-6-10-23)34-15-13-21(14-16-34)17-20-7-3-2-4-8-20/h2-4,7-8,11-12,18-19,21,23,27H,5-6,9-10,13-17H2,1H3,(H,30,36)/t27-/m1/s1. The van der Waals surface area contributed by atoms with E-state index >= 15 is 0 Å². The highest BCUT2D eigenvalue weighted by Crippen LogP contribution is 2.36. The van der Waals surface area contributed by atoms with Crippen LogP contribution in [-0.2, 0) is 6.42 Å². The Balaban J connectivity index is 1.35. The van der Waals surface area contributed by atoms with Crippen LogP contribution < -0.4 is 10.3 Å². The third-order valence-electron chi connectivity index (χ3n) is 8.19. The Hall–Kier alpha value is -3.52. The van der Waals surface area contributed by atoms with Crippen LogP contribution in [0.15, 0.2) is 59.4 Å². The van der Waals surface area contributed by atoms with Crippen LogP contribution in [0.25, 0.3) is 10.9 Å². The van der Waals surface area contributed by atoms with Crippen molar-refractivity contribution >= 4 is 10.9 Å². The summed E-state index contributed by atoms with van der Waals surface area (Å²) in [6.07, 6.45) is 7.79. The molecule has 6 rings (SSSR count). The van der Waals surface area contributed by atoms with Crippen LogP contribution in [0, 0.1) is 5.92 Å². The lowest BCUT2D eigenvalue weighted by molar-refractivity contribution is 0.141. The van der Waals surface area contributed by atoms with Gasteiger partial charge in [-0.15, -0.1) is 5.10 Å². The predicted molar refractivity (Wildman–Crippen MR) is 143 cm³/mol. The van der Waals surface area contributed by atoms with E-state index in [0.29, 0.717) is 17.5 Å². The van der Waals surface area contributed by atoms with Crippen molar-refractivity contribution in [3.05, 3.63) is 81.9 Å². The number of piperidine rings is 1. The van der Waals surface area contributed by atoms with Gasteiger partial charge in [0, 0.05) is 16.5 Å². The normalized spacial score (nSPS) is 18.4. The molecule has 0 spiro atoms. The molecule has 37 heavy (non-hydrogen) atoms. The number of rotatable bonds is 7. The highest BCUT2D eigenvalue weighted by molar-refractivity contribution is 5.80. The summed E-state index contributed by atoms with van der Waals surface area (Å²) in [5.74, 6) is 2.17. The summed E-state index contributed by atoms with van der Waals surface area (Å²) in [7, 11) is 1.66. The van der Waals surface area contributed by atoms with Crippen molar-refractivity contribution < 1.29 is 4.74 Å². The van der Waals surface area contributed by atoms with E-state index in [9.17, 15) is 4.79 Å².